The average molecular weight is 345 g/mol. The van der Waals surface area contributed by atoms with Crippen molar-refractivity contribution >= 4 is 7.80 Å². The molecule has 0 fully saturated rings. The number of hydrogen-bond donors (Lipinski definition) is 0. The van der Waals surface area contributed by atoms with Crippen LogP contribution in [0.3, 0.4) is 0 Å². The first-order valence-corrected chi connectivity index (χ1v) is 12.4. The third-order valence-electron chi connectivity index (χ3n) is 5.04. The molecule has 0 aromatic heterocycles. The molecule has 0 saturated heterocycles. The van der Waals surface area contributed by atoms with Gasteiger partial charge in [0.1, 0.15) is 0 Å². The summed E-state index contributed by atoms with van der Waals surface area (Å²) in [6.45, 7) is 6.62. The van der Waals surface area contributed by atoms with Gasteiger partial charge in [-0.25, -0.2) is 0 Å². The van der Waals surface area contributed by atoms with Crippen LogP contribution < -0.4 is 0 Å². The van der Waals surface area contributed by atoms with E-state index in [-0.39, 0.29) is 0 Å². The Bertz CT molecular complexity index is 252. The van der Waals surface area contributed by atoms with Crippen molar-refractivity contribution in [3.05, 3.63) is 0 Å². The summed E-state index contributed by atoms with van der Waals surface area (Å²) in [4.78, 5) is 0. The summed E-state index contributed by atoms with van der Waals surface area (Å²) in [6.07, 6.45) is 23.0. The van der Waals surface area contributed by atoms with Gasteiger partial charge in [-0.05, 0) is 19.0 Å². The van der Waals surface area contributed by atoms with Crippen molar-refractivity contribution in [2.75, 3.05) is 6.16 Å². The summed E-state index contributed by atoms with van der Waals surface area (Å²) < 4.78 is 11.9. The predicted molar refractivity (Wildman–Crippen MR) is 109 cm³/mol. The van der Waals surface area contributed by atoms with Gasteiger partial charge in [0.2, 0.25) is 0 Å². The lowest BCUT2D eigenvalue weighted by molar-refractivity contribution is 0.529. The zero-order valence-corrected chi connectivity index (χ0v) is 17.5. The summed E-state index contributed by atoms with van der Waals surface area (Å²) in [5.41, 5.74) is 0.484. The molecule has 2 heteroatoms. The van der Waals surface area contributed by atoms with E-state index in [9.17, 15) is 4.57 Å². The first kappa shape index (κ1) is 23.2. The molecule has 0 aromatic carbocycles. The maximum Gasteiger partial charge on any atom is 0.0788 e. The molecule has 0 amide bonds. The average Bonchev–Trinajstić information content (AvgIpc) is 2.55. The highest BCUT2D eigenvalue weighted by Gasteiger charge is 2.09. The van der Waals surface area contributed by atoms with E-state index in [0.717, 1.165) is 12.6 Å². The summed E-state index contributed by atoms with van der Waals surface area (Å²) in [7, 11) is -1.29. The van der Waals surface area contributed by atoms with Crippen LogP contribution in [0.2, 0.25) is 0 Å². The van der Waals surface area contributed by atoms with E-state index in [0.29, 0.717) is 5.66 Å². The van der Waals surface area contributed by atoms with E-state index in [4.69, 9.17) is 0 Å². The van der Waals surface area contributed by atoms with Gasteiger partial charge in [-0.1, -0.05) is 111 Å². The van der Waals surface area contributed by atoms with Gasteiger partial charge in [0.25, 0.3) is 0 Å². The topological polar surface area (TPSA) is 17.1 Å². The number of unbranched alkanes of at least 4 members (excludes halogenated alkanes) is 13. The maximum absolute atomic E-state index is 11.9. The molecule has 2 atom stereocenters. The molecule has 0 aliphatic heterocycles. The zero-order valence-electron chi connectivity index (χ0n) is 16.5. The van der Waals surface area contributed by atoms with Crippen LogP contribution in [-0.2, 0) is 4.57 Å². The standard InChI is InChI=1S/C21H45OP/c1-4-6-7-8-9-10-11-12-13-14-15-16-17-18-19-21(3)23(22)20-5-2/h21,23H,4-20H2,1-3H3. The molecule has 0 bridgehead atoms. The Labute approximate surface area is 148 Å². The van der Waals surface area contributed by atoms with Crippen LogP contribution in [0.1, 0.15) is 124 Å². The highest BCUT2D eigenvalue weighted by atomic mass is 31.1. The van der Waals surface area contributed by atoms with Crippen LogP contribution >= 0.6 is 7.80 Å². The minimum Gasteiger partial charge on any atom is -0.327 e. The molecule has 2 unspecified atom stereocenters. The lowest BCUT2D eigenvalue weighted by Gasteiger charge is -2.10. The Hall–Kier alpha value is 0.230. The predicted octanol–water partition coefficient (Wildman–Crippen LogP) is 8.22. The van der Waals surface area contributed by atoms with Crippen molar-refractivity contribution in [2.24, 2.45) is 0 Å². The molecule has 0 aliphatic rings. The largest absolute Gasteiger partial charge is 0.327 e. The minimum atomic E-state index is -1.29. The van der Waals surface area contributed by atoms with Gasteiger partial charge >= 0.3 is 0 Å². The highest BCUT2D eigenvalue weighted by Crippen LogP contribution is 2.32. The van der Waals surface area contributed by atoms with Crippen LogP contribution in [0.25, 0.3) is 0 Å². The third kappa shape index (κ3) is 16.9. The van der Waals surface area contributed by atoms with Gasteiger partial charge in [0.05, 0.1) is 7.80 Å². The molecule has 0 rings (SSSR count). The second kappa shape index (κ2) is 18.6. The number of rotatable bonds is 18. The lowest BCUT2D eigenvalue weighted by Crippen LogP contribution is -1.97. The van der Waals surface area contributed by atoms with Gasteiger partial charge in [0, 0.05) is 5.66 Å². The molecule has 1 nitrogen and oxygen atoms in total. The normalized spacial score (nSPS) is 14.0. The Kier molecular flexibility index (Phi) is 18.8. The van der Waals surface area contributed by atoms with E-state index in [1.807, 2.05) is 0 Å². The van der Waals surface area contributed by atoms with Crippen molar-refractivity contribution in [1.29, 1.82) is 0 Å². The molecule has 0 aromatic rings. The van der Waals surface area contributed by atoms with Crippen LogP contribution in [0.15, 0.2) is 0 Å². The molecule has 0 spiro atoms. The molecule has 140 valence electrons. The lowest BCUT2D eigenvalue weighted by atomic mass is 10.0. The molecular formula is C21H45OP. The first-order chi connectivity index (χ1) is 11.2. The van der Waals surface area contributed by atoms with Crippen molar-refractivity contribution in [3.63, 3.8) is 0 Å². The van der Waals surface area contributed by atoms with Crippen LogP contribution in [0.5, 0.6) is 0 Å². The Morgan fingerprint density at radius 3 is 1.39 bits per heavy atom. The second-order valence-corrected chi connectivity index (χ2v) is 9.92. The molecule has 0 N–H and O–H groups in total. The highest BCUT2D eigenvalue weighted by molar-refractivity contribution is 7.45. The summed E-state index contributed by atoms with van der Waals surface area (Å²) >= 11 is 0. The SMILES string of the molecule is CCCCCCCCCCCCCCCCC(C)[PH](=O)CCC. The van der Waals surface area contributed by atoms with Gasteiger partial charge in [-0.3, -0.25) is 0 Å². The Morgan fingerprint density at radius 2 is 1.00 bits per heavy atom. The fraction of sp³-hybridized carbons (Fsp3) is 1.00. The minimum absolute atomic E-state index is 0.484. The van der Waals surface area contributed by atoms with Crippen molar-refractivity contribution in [2.45, 2.75) is 129 Å². The monoisotopic (exact) mass is 344 g/mol. The fourth-order valence-corrected chi connectivity index (χ4v) is 4.81. The molecule has 0 aliphatic carbocycles. The van der Waals surface area contributed by atoms with Crippen molar-refractivity contribution in [3.8, 4) is 0 Å². The van der Waals surface area contributed by atoms with Crippen LogP contribution in [-0.4, -0.2) is 11.8 Å². The van der Waals surface area contributed by atoms with Gasteiger partial charge in [-0.15, -0.1) is 0 Å². The summed E-state index contributed by atoms with van der Waals surface area (Å²) in [6, 6.07) is 0. The maximum atomic E-state index is 11.9. The van der Waals surface area contributed by atoms with Gasteiger partial charge in [0.15, 0.2) is 0 Å². The smallest absolute Gasteiger partial charge is 0.0788 e. The number of hydrogen-bond acceptors (Lipinski definition) is 1. The molecule has 23 heavy (non-hydrogen) atoms. The van der Waals surface area contributed by atoms with E-state index in [1.165, 1.54) is 96.3 Å². The summed E-state index contributed by atoms with van der Waals surface area (Å²) in [5.74, 6) is 0. The van der Waals surface area contributed by atoms with Gasteiger partial charge in [-0.2, -0.15) is 0 Å². The Balaban J connectivity index is 3.14. The quantitative estimate of drug-likeness (QED) is 0.181. The molecule has 0 radical (unpaired) electrons. The molecule has 0 saturated carbocycles. The summed E-state index contributed by atoms with van der Waals surface area (Å²) in [5, 5.41) is 0. The van der Waals surface area contributed by atoms with Gasteiger partial charge < -0.3 is 4.57 Å². The zero-order chi connectivity index (χ0) is 17.2. The van der Waals surface area contributed by atoms with E-state index >= 15 is 0 Å². The first-order valence-electron chi connectivity index (χ1n) is 10.7. The third-order valence-corrected chi connectivity index (χ3v) is 7.42. The van der Waals surface area contributed by atoms with E-state index in [2.05, 4.69) is 20.8 Å². The van der Waals surface area contributed by atoms with Crippen molar-refractivity contribution in [1.82, 2.24) is 0 Å². The second-order valence-electron chi connectivity index (χ2n) is 7.50. The van der Waals surface area contributed by atoms with Crippen LogP contribution in [0.4, 0.5) is 0 Å². The van der Waals surface area contributed by atoms with Crippen molar-refractivity contribution < 1.29 is 4.57 Å². The van der Waals surface area contributed by atoms with E-state index < -0.39 is 7.80 Å². The molecular weight excluding hydrogens is 299 g/mol. The molecule has 0 heterocycles. The Morgan fingerprint density at radius 1 is 0.609 bits per heavy atom. The van der Waals surface area contributed by atoms with E-state index in [1.54, 1.807) is 0 Å². The van der Waals surface area contributed by atoms with Crippen LogP contribution in [0, 0.1) is 0 Å². The fourth-order valence-electron chi connectivity index (χ4n) is 3.30.